The van der Waals surface area contributed by atoms with Crippen molar-refractivity contribution in [2.24, 2.45) is 0 Å². The van der Waals surface area contributed by atoms with Crippen LogP contribution < -0.4 is 4.74 Å². The van der Waals surface area contributed by atoms with Crippen molar-refractivity contribution in [2.45, 2.75) is 26.7 Å². The fourth-order valence-electron chi connectivity index (χ4n) is 2.00. The van der Waals surface area contributed by atoms with Crippen LogP contribution in [0.4, 0.5) is 0 Å². The first-order chi connectivity index (χ1) is 9.62. The molecule has 0 fully saturated rings. The Balaban J connectivity index is 2.50. The molecule has 1 heterocycles. The molecule has 0 atom stereocenters. The molecule has 2 rings (SSSR count). The minimum absolute atomic E-state index is 0.0145. The van der Waals surface area contributed by atoms with E-state index in [1.807, 2.05) is 32.0 Å². The molecule has 1 aromatic heterocycles. The van der Waals surface area contributed by atoms with E-state index in [9.17, 15) is 4.79 Å². The summed E-state index contributed by atoms with van der Waals surface area (Å²) in [5, 5.41) is 8.13. The summed E-state index contributed by atoms with van der Waals surface area (Å²) in [6.07, 6.45) is 1.12. The van der Waals surface area contributed by atoms with Crippen LogP contribution in [0.1, 0.15) is 36.5 Å². The van der Waals surface area contributed by atoms with Crippen molar-refractivity contribution >= 4 is 21.7 Å². The lowest BCUT2D eigenvalue weighted by Crippen LogP contribution is -2.06. The maximum absolute atomic E-state index is 11.9. The lowest BCUT2D eigenvalue weighted by Gasteiger charge is -2.08. The van der Waals surface area contributed by atoms with Gasteiger partial charge in [0.15, 0.2) is 11.5 Å². The van der Waals surface area contributed by atoms with Gasteiger partial charge in [-0.25, -0.2) is 4.68 Å². The van der Waals surface area contributed by atoms with Crippen molar-refractivity contribution < 1.29 is 9.53 Å². The molecular formula is C14H16BrN3O2. The van der Waals surface area contributed by atoms with Crippen LogP contribution in [0, 0.1) is 0 Å². The van der Waals surface area contributed by atoms with Crippen LogP contribution in [-0.2, 0) is 6.42 Å². The molecule has 0 amide bonds. The lowest BCUT2D eigenvalue weighted by atomic mass is 10.1. The van der Waals surface area contributed by atoms with Gasteiger partial charge in [0.05, 0.1) is 23.0 Å². The number of ether oxygens (including phenoxy) is 1. The van der Waals surface area contributed by atoms with E-state index in [-0.39, 0.29) is 5.78 Å². The molecule has 0 spiro atoms. The second kappa shape index (κ2) is 6.17. The summed E-state index contributed by atoms with van der Waals surface area (Å²) < 4.78 is 7.74. The molecule has 0 aliphatic carbocycles. The first-order valence-corrected chi connectivity index (χ1v) is 7.23. The van der Waals surface area contributed by atoms with Gasteiger partial charge in [-0.05, 0) is 40.5 Å². The quantitative estimate of drug-likeness (QED) is 0.786. The summed E-state index contributed by atoms with van der Waals surface area (Å²) >= 11 is 3.45. The van der Waals surface area contributed by atoms with Gasteiger partial charge in [0.1, 0.15) is 5.75 Å². The number of ketones is 1. The highest BCUT2D eigenvalue weighted by Gasteiger charge is 2.18. The van der Waals surface area contributed by atoms with Crippen molar-refractivity contribution in [1.29, 1.82) is 0 Å². The van der Waals surface area contributed by atoms with E-state index in [4.69, 9.17) is 4.74 Å². The summed E-state index contributed by atoms with van der Waals surface area (Å²) in [4.78, 5) is 11.9. The monoisotopic (exact) mass is 337 g/mol. The predicted octanol–water partition coefficient (Wildman–Crippen LogP) is 3.19. The highest BCUT2D eigenvalue weighted by molar-refractivity contribution is 9.10. The second-order valence-corrected chi connectivity index (χ2v) is 5.10. The molecule has 0 aliphatic heterocycles. The third-order valence-corrected chi connectivity index (χ3v) is 3.68. The predicted molar refractivity (Wildman–Crippen MR) is 79.6 cm³/mol. The van der Waals surface area contributed by atoms with Gasteiger partial charge in [0.25, 0.3) is 0 Å². The van der Waals surface area contributed by atoms with Gasteiger partial charge in [0, 0.05) is 6.42 Å². The van der Waals surface area contributed by atoms with Crippen LogP contribution in [0.2, 0.25) is 0 Å². The van der Waals surface area contributed by atoms with Crippen molar-refractivity contribution in [1.82, 2.24) is 15.0 Å². The first-order valence-electron chi connectivity index (χ1n) is 6.44. The number of benzene rings is 1. The van der Waals surface area contributed by atoms with Crippen molar-refractivity contribution in [3.8, 4) is 11.4 Å². The molecule has 0 saturated carbocycles. The number of hydrogen-bond acceptors (Lipinski definition) is 4. The van der Waals surface area contributed by atoms with E-state index in [1.54, 1.807) is 11.8 Å². The van der Waals surface area contributed by atoms with Gasteiger partial charge in [-0.3, -0.25) is 4.79 Å². The third kappa shape index (κ3) is 2.60. The van der Waals surface area contributed by atoms with Gasteiger partial charge in [-0.2, -0.15) is 0 Å². The number of carbonyl (C=O) groups excluding carboxylic acids is 1. The number of rotatable bonds is 5. The molecule has 0 radical (unpaired) electrons. The molecule has 0 N–H and O–H groups in total. The number of Topliss-reactive ketones (excluding diaryl/α,β-unsaturated/α-hetero) is 1. The highest BCUT2D eigenvalue weighted by atomic mass is 79.9. The summed E-state index contributed by atoms with van der Waals surface area (Å²) in [6.45, 7) is 3.81. The Hall–Kier alpha value is -1.69. The summed E-state index contributed by atoms with van der Waals surface area (Å²) in [5.41, 5.74) is 2.13. The maximum atomic E-state index is 11.9. The topological polar surface area (TPSA) is 57.0 Å². The molecule has 5 nitrogen and oxygen atoms in total. The van der Waals surface area contributed by atoms with Crippen LogP contribution in [0.15, 0.2) is 22.7 Å². The van der Waals surface area contributed by atoms with Gasteiger partial charge in [0.2, 0.25) is 0 Å². The van der Waals surface area contributed by atoms with E-state index < -0.39 is 0 Å². The fourth-order valence-corrected chi connectivity index (χ4v) is 2.53. The molecule has 106 valence electrons. The Morgan fingerprint density at radius 1 is 1.40 bits per heavy atom. The van der Waals surface area contributed by atoms with Gasteiger partial charge >= 0.3 is 0 Å². The number of halogens is 1. The van der Waals surface area contributed by atoms with Gasteiger partial charge in [-0.15, -0.1) is 5.10 Å². The molecule has 0 aliphatic rings. The Labute approximate surface area is 126 Å². The minimum Gasteiger partial charge on any atom is -0.496 e. The van der Waals surface area contributed by atoms with Crippen molar-refractivity contribution in [3.63, 3.8) is 0 Å². The zero-order chi connectivity index (χ0) is 14.7. The van der Waals surface area contributed by atoms with Crippen molar-refractivity contribution in [3.05, 3.63) is 34.1 Å². The molecule has 1 aromatic carbocycles. The molecular weight excluding hydrogens is 322 g/mol. The molecule has 2 aromatic rings. The number of nitrogens with zero attached hydrogens (tertiary/aromatic N) is 3. The van der Waals surface area contributed by atoms with Crippen LogP contribution in [0.25, 0.3) is 5.69 Å². The molecule has 6 heteroatoms. The minimum atomic E-state index is 0.0145. The van der Waals surface area contributed by atoms with Crippen molar-refractivity contribution in [2.75, 3.05) is 7.11 Å². The van der Waals surface area contributed by atoms with E-state index >= 15 is 0 Å². The number of hydrogen-bond donors (Lipinski definition) is 0. The Bertz CT molecular complexity index is 637. The lowest BCUT2D eigenvalue weighted by molar-refractivity contribution is 0.0982. The summed E-state index contributed by atoms with van der Waals surface area (Å²) in [5.74, 6) is 0.762. The zero-order valence-electron chi connectivity index (χ0n) is 11.7. The fraction of sp³-hybridized carbons (Fsp3) is 0.357. The maximum Gasteiger partial charge on any atom is 0.184 e. The Morgan fingerprint density at radius 2 is 2.15 bits per heavy atom. The van der Waals surface area contributed by atoms with E-state index in [1.165, 1.54) is 0 Å². The molecule has 0 unspecified atom stereocenters. The van der Waals surface area contributed by atoms with Crippen LogP contribution >= 0.6 is 15.9 Å². The standard InChI is InChI=1S/C14H16BrN3O2/c1-4-11-14(12(19)5-2)16-17-18(11)9-6-7-13(20-3)10(15)8-9/h6-8H,4-5H2,1-3H3. The molecule has 20 heavy (non-hydrogen) atoms. The smallest absolute Gasteiger partial charge is 0.184 e. The highest BCUT2D eigenvalue weighted by Crippen LogP contribution is 2.27. The van der Waals surface area contributed by atoms with E-state index in [0.717, 1.165) is 21.6 Å². The molecule has 0 bridgehead atoms. The van der Waals surface area contributed by atoms with E-state index in [0.29, 0.717) is 18.5 Å². The molecule has 0 saturated heterocycles. The van der Waals surface area contributed by atoms with Crippen LogP contribution in [0.3, 0.4) is 0 Å². The number of carbonyl (C=O) groups is 1. The average molecular weight is 338 g/mol. The SMILES string of the molecule is CCC(=O)c1nnn(-c2ccc(OC)c(Br)c2)c1CC. The van der Waals surface area contributed by atoms with Crippen LogP contribution in [0.5, 0.6) is 5.75 Å². The Kier molecular flexibility index (Phi) is 4.54. The summed E-state index contributed by atoms with van der Waals surface area (Å²) in [6, 6.07) is 5.63. The Morgan fingerprint density at radius 3 is 2.70 bits per heavy atom. The number of aromatic nitrogens is 3. The normalized spacial score (nSPS) is 10.6. The number of methoxy groups -OCH3 is 1. The summed E-state index contributed by atoms with van der Waals surface area (Å²) in [7, 11) is 1.62. The average Bonchev–Trinajstić information content (AvgIpc) is 2.90. The zero-order valence-corrected chi connectivity index (χ0v) is 13.3. The first kappa shape index (κ1) is 14.7. The largest absolute Gasteiger partial charge is 0.496 e. The van der Waals surface area contributed by atoms with Crippen LogP contribution in [-0.4, -0.2) is 27.9 Å². The van der Waals surface area contributed by atoms with Gasteiger partial charge in [-0.1, -0.05) is 19.1 Å². The van der Waals surface area contributed by atoms with E-state index in [2.05, 4.69) is 26.2 Å². The third-order valence-electron chi connectivity index (χ3n) is 3.06. The second-order valence-electron chi connectivity index (χ2n) is 4.25. The van der Waals surface area contributed by atoms with Gasteiger partial charge < -0.3 is 4.74 Å².